The van der Waals surface area contributed by atoms with E-state index in [2.05, 4.69) is 10.3 Å². The maximum absolute atomic E-state index is 12.0. The third kappa shape index (κ3) is 2.91. The van der Waals surface area contributed by atoms with E-state index in [-0.39, 0.29) is 11.1 Å². The van der Waals surface area contributed by atoms with E-state index in [0.717, 1.165) is 0 Å². The van der Waals surface area contributed by atoms with Crippen molar-refractivity contribution in [2.45, 2.75) is 6.61 Å². The molecule has 0 fully saturated rings. The summed E-state index contributed by atoms with van der Waals surface area (Å²) in [6, 6.07) is 4.79. The third-order valence-electron chi connectivity index (χ3n) is 3.11. The first-order valence-corrected chi connectivity index (χ1v) is 6.31. The van der Waals surface area contributed by atoms with Crippen LogP contribution in [0.5, 0.6) is 5.75 Å². The van der Waals surface area contributed by atoms with E-state index in [1.807, 2.05) is 0 Å². The van der Waals surface area contributed by atoms with E-state index in [9.17, 15) is 19.5 Å². The van der Waals surface area contributed by atoms with E-state index in [0.29, 0.717) is 16.7 Å². The lowest BCUT2D eigenvalue weighted by molar-refractivity contribution is -0.135. The third-order valence-corrected chi connectivity index (χ3v) is 3.11. The molecular weight excluding hydrogens is 292 g/mol. The predicted octanol–water partition coefficient (Wildman–Crippen LogP) is -0.157. The van der Waals surface area contributed by atoms with Crippen molar-refractivity contribution in [3.05, 3.63) is 39.7 Å². The van der Waals surface area contributed by atoms with Crippen molar-refractivity contribution in [1.29, 1.82) is 0 Å². The molecular formula is C14H14N2O6. The molecule has 1 aromatic heterocycles. The highest BCUT2D eigenvalue weighted by Gasteiger charge is 2.19. The average molecular weight is 306 g/mol. The Morgan fingerprint density at radius 1 is 1.36 bits per heavy atom. The number of hydrogen-bond donors (Lipinski definition) is 4. The van der Waals surface area contributed by atoms with E-state index in [4.69, 9.17) is 9.84 Å². The fourth-order valence-corrected chi connectivity index (χ4v) is 2.11. The van der Waals surface area contributed by atoms with Gasteiger partial charge in [0, 0.05) is 16.5 Å². The van der Waals surface area contributed by atoms with Crippen LogP contribution in [0.3, 0.4) is 0 Å². The Kier molecular flexibility index (Phi) is 4.42. The Balaban J connectivity index is 2.62. The molecule has 0 atom stereocenters. The highest BCUT2D eigenvalue weighted by atomic mass is 16.5. The highest BCUT2D eigenvalue weighted by Crippen LogP contribution is 2.23. The van der Waals surface area contributed by atoms with Crippen LogP contribution in [0, 0.1) is 0 Å². The van der Waals surface area contributed by atoms with Crippen molar-refractivity contribution in [3.8, 4) is 5.75 Å². The minimum Gasteiger partial charge on any atom is -0.497 e. The Bertz CT molecular complexity index is 796. The number of aromatic amines is 1. The van der Waals surface area contributed by atoms with Crippen LogP contribution < -0.4 is 15.6 Å². The second kappa shape index (κ2) is 6.27. The normalized spacial score (nSPS) is 10.5. The summed E-state index contributed by atoms with van der Waals surface area (Å²) in [7, 11) is 1.46. The number of methoxy groups -OCH3 is 1. The molecule has 1 heterocycles. The summed E-state index contributed by atoms with van der Waals surface area (Å²) in [5.74, 6) is -1.61. The fraction of sp³-hybridized carbons (Fsp3) is 0.214. The number of H-pyrrole nitrogens is 1. The number of benzene rings is 1. The number of aliphatic hydroxyl groups excluding tert-OH is 1. The largest absolute Gasteiger partial charge is 0.497 e. The van der Waals surface area contributed by atoms with Gasteiger partial charge in [-0.05, 0) is 18.2 Å². The number of fused-ring (bicyclic) bond motifs is 1. The summed E-state index contributed by atoms with van der Waals surface area (Å²) in [5.41, 5.74) is -0.473. The number of pyridine rings is 1. The second-order valence-corrected chi connectivity index (χ2v) is 4.45. The number of carbonyl (C=O) groups excluding carboxylic acids is 1. The maximum atomic E-state index is 12.0. The molecule has 0 bridgehead atoms. The molecule has 1 amide bonds. The average Bonchev–Trinajstić information content (AvgIpc) is 2.50. The molecule has 1 aromatic carbocycles. The van der Waals surface area contributed by atoms with Gasteiger partial charge in [-0.15, -0.1) is 0 Å². The number of aliphatic carboxylic acids is 1. The summed E-state index contributed by atoms with van der Waals surface area (Å²) in [4.78, 5) is 37.1. The van der Waals surface area contributed by atoms with Gasteiger partial charge in [0.15, 0.2) is 0 Å². The van der Waals surface area contributed by atoms with Crippen LogP contribution in [0.1, 0.15) is 15.9 Å². The lowest BCUT2D eigenvalue weighted by Crippen LogP contribution is -2.34. The summed E-state index contributed by atoms with van der Waals surface area (Å²) >= 11 is 0. The molecule has 4 N–H and O–H groups in total. The Labute approximate surface area is 124 Å². The number of hydrogen-bond acceptors (Lipinski definition) is 5. The molecule has 0 aliphatic rings. The van der Waals surface area contributed by atoms with Gasteiger partial charge in [-0.25, -0.2) is 0 Å². The topological polar surface area (TPSA) is 129 Å². The van der Waals surface area contributed by atoms with Crippen LogP contribution in [0.4, 0.5) is 0 Å². The van der Waals surface area contributed by atoms with Crippen LogP contribution in [-0.2, 0) is 11.4 Å². The Morgan fingerprint density at radius 2 is 2.09 bits per heavy atom. The van der Waals surface area contributed by atoms with Gasteiger partial charge in [0.05, 0.1) is 13.7 Å². The minimum absolute atomic E-state index is 0.112. The molecule has 2 aromatic rings. The number of nitrogens with one attached hydrogen (secondary N) is 2. The molecule has 0 spiro atoms. The van der Waals surface area contributed by atoms with E-state index in [1.165, 1.54) is 7.11 Å². The zero-order chi connectivity index (χ0) is 16.3. The van der Waals surface area contributed by atoms with Gasteiger partial charge < -0.3 is 25.3 Å². The zero-order valence-corrected chi connectivity index (χ0v) is 11.7. The molecule has 0 aliphatic carbocycles. The fourth-order valence-electron chi connectivity index (χ4n) is 2.11. The smallest absolute Gasteiger partial charge is 0.322 e. The number of carbonyl (C=O) groups is 2. The van der Waals surface area contributed by atoms with Gasteiger partial charge in [-0.3, -0.25) is 14.4 Å². The van der Waals surface area contributed by atoms with E-state index < -0.39 is 30.6 Å². The van der Waals surface area contributed by atoms with Crippen LogP contribution in [0.15, 0.2) is 23.0 Å². The first-order valence-electron chi connectivity index (χ1n) is 6.31. The molecule has 0 unspecified atom stereocenters. The summed E-state index contributed by atoms with van der Waals surface area (Å²) in [6.07, 6.45) is 0. The van der Waals surface area contributed by atoms with Crippen molar-refractivity contribution in [1.82, 2.24) is 10.3 Å². The molecule has 0 radical (unpaired) electrons. The first kappa shape index (κ1) is 15.5. The van der Waals surface area contributed by atoms with Crippen LogP contribution >= 0.6 is 0 Å². The summed E-state index contributed by atoms with van der Waals surface area (Å²) in [5, 5.41) is 20.7. The number of carboxylic acids is 1. The lowest BCUT2D eigenvalue weighted by Gasteiger charge is -2.11. The molecule has 2 rings (SSSR count). The Hall–Kier alpha value is -2.87. The number of rotatable bonds is 5. The molecule has 0 saturated carbocycles. The number of carboxylic acid groups (broad SMARTS) is 1. The van der Waals surface area contributed by atoms with Gasteiger partial charge in [0.1, 0.15) is 17.9 Å². The molecule has 0 saturated heterocycles. The van der Waals surface area contributed by atoms with Gasteiger partial charge in [-0.1, -0.05) is 0 Å². The van der Waals surface area contributed by atoms with E-state index in [1.54, 1.807) is 18.2 Å². The van der Waals surface area contributed by atoms with E-state index >= 15 is 0 Å². The monoisotopic (exact) mass is 306 g/mol. The second-order valence-electron chi connectivity index (χ2n) is 4.45. The van der Waals surface area contributed by atoms with Crippen molar-refractivity contribution in [2.75, 3.05) is 13.7 Å². The van der Waals surface area contributed by atoms with Gasteiger partial charge in [0.2, 0.25) is 0 Å². The van der Waals surface area contributed by atoms with Crippen molar-refractivity contribution >= 4 is 22.8 Å². The zero-order valence-electron chi connectivity index (χ0n) is 11.7. The van der Waals surface area contributed by atoms with Crippen LogP contribution in [0.2, 0.25) is 0 Å². The van der Waals surface area contributed by atoms with Gasteiger partial charge in [0.25, 0.3) is 11.5 Å². The molecule has 116 valence electrons. The molecule has 8 heteroatoms. The van der Waals surface area contributed by atoms with Crippen molar-refractivity contribution in [3.63, 3.8) is 0 Å². The number of amides is 1. The molecule has 8 nitrogen and oxygen atoms in total. The quantitative estimate of drug-likeness (QED) is 0.608. The Morgan fingerprint density at radius 3 is 2.68 bits per heavy atom. The van der Waals surface area contributed by atoms with Crippen LogP contribution in [0.25, 0.3) is 10.9 Å². The van der Waals surface area contributed by atoms with Crippen molar-refractivity contribution in [2.24, 2.45) is 0 Å². The first-order chi connectivity index (χ1) is 10.5. The number of ether oxygens (including phenoxy) is 1. The summed E-state index contributed by atoms with van der Waals surface area (Å²) < 4.78 is 5.08. The SMILES string of the molecule is COc1ccc2[nH]c(=O)c(C(=O)NCC(=O)O)c(CO)c2c1. The lowest BCUT2D eigenvalue weighted by atomic mass is 10.0. The number of aliphatic hydroxyl groups is 1. The maximum Gasteiger partial charge on any atom is 0.322 e. The van der Waals surface area contributed by atoms with Crippen molar-refractivity contribution < 1.29 is 24.5 Å². The molecule has 0 aliphatic heterocycles. The van der Waals surface area contributed by atoms with Gasteiger partial charge >= 0.3 is 5.97 Å². The highest BCUT2D eigenvalue weighted by molar-refractivity contribution is 6.01. The number of aromatic nitrogens is 1. The summed E-state index contributed by atoms with van der Waals surface area (Å²) in [6.45, 7) is -1.18. The predicted molar refractivity (Wildman–Crippen MR) is 77.0 cm³/mol. The standard InChI is InChI=1S/C14H14N2O6/c1-22-7-2-3-10-8(4-7)9(6-17)12(14(21)16-10)13(20)15-5-11(18)19/h2-4,17H,5-6H2,1H3,(H,15,20)(H,16,21)(H,18,19). The van der Waals surface area contributed by atoms with Crippen LogP contribution in [-0.4, -0.2) is 40.7 Å². The minimum atomic E-state index is -1.24. The molecule has 22 heavy (non-hydrogen) atoms. The van der Waals surface area contributed by atoms with Gasteiger partial charge in [-0.2, -0.15) is 0 Å².